The van der Waals surface area contributed by atoms with Gasteiger partial charge >= 0.3 is 0 Å². The van der Waals surface area contributed by atoms with Crippen LogP contribution >= 0.6 is 22.7 Å². The molecule has 1 N–H and O–H groups in total. The van der Waals surface area contributed by atoms with E-state index in [1.807, 2.05) is 17.8 Å². The molecular weight excluding hydrogens is 292 g/mol. The van der Waals surface area contributed by atoms with Crippen LogP contribution in [0, 0.1) is 0 Å². The molecule has 0 atom stereocenters. The average Bonchev–Trinajstić information content (AvgIpc) is 3.15. The second kappa shape index (κ2) is 5.90. The number of thiazole rings is 2. The van der Waals surface area contributed by atoms with Crippen molar-refractivity contribution in [1.82, 2.24) is 19.7 Å². The van der Waals surface area contributed by atoms with Crippen molar-refractivity contribution in [2.24, 2.45) is 0 Å². The molecule has 0 aliphatic carbocycles. The second-order valence-corrected chi connectivity index (χ2v) is 6.37. The van der Waals surface area contributed by atoms with Gasteiger partial charge in [-0.2, -0.15) is 4.98 Å². The average molecular weight is 308 g/mol. The Morgan fingerprint density at radius 3 is 3.05 bits per heavy atom. The van der Waals surface area contributed by atoms with Crippen LogP contribution in [0.3, 0.4) is 0 Å². The van der Waals surface area contributed by atoms with E-state index in [1.165, 1.54) is 4.88 Å². The number of fused-ring (bicyclic) bond motifs is 1. The van der Waals surface area contributed by atoms with Gasteiger partial charge in [0, 0.05) is 35.7 Å². The van der Waals surface area contributed by atoms with E-state index in [9.17, 15) is 0 Å². The number of imidazole rings is 1. The number of nitrogens with one attached hydrogen (secondary N) is 1. The van der Waals surface area contributed by atoms with Crippen LogP contribution in [0.25, 0.3) is 4.96 Å². The van der Waals surface area contributed by atoms with Gasteiger partial charge in [0.05, 0.1) is 7.11 Å². The number of aromatic nitrogens is 3. The fourth-order valence-corrected chi connectivity index (χ4v) is 3.57. The third-order valence-electron chi connectivity index (χ3n) is 3.04. The monoisotopic (exact) mass is 308 g/mol. The third-order valence-corrected chi connectivity index (χ3v) is 4.93. The lowest BCUT2D eigenvalue weighted by Crippen LogP contribution is -2.14. The van der Waals surface area contributed by atoms with Crippen LogP contribution in [-0.4, -0.2) is 21.5 Å². The zero-order valence-corrected chi connectivity index (χ0v) is 13.1. The number of aryl methyl sites for hydroxylation is 1. The molecule has 0 fully saturated rings. The molecule has 3 heterocycles. The molecule has 0 spiro atoms. The molecule has 0 amide bonds. The maximum atomic E-state index is 5.33. The van der Waals surface area contributed by atoms with Crippen LogP contribution in [-0.2, 0) is 19.5 Å². The topological polar surface area (TPSA) is 51.5 Å². The van der Waals surface area contributed by atoms with Crippen molar-refractivity contribution in [3.05, 3.63) is 33.4 Å². The molecule has 3 aromatic heterocycles. The molecule has 0 saturated heterocycles. The Bertz CT molecular complexity index is 700. The summed E-state index contributed by atoms with van der Waals surface area (Å²) in [6.45, 7) is 3.63. The molecule has 0 aromatic carbocycles. The highest BCUT2D eigenvalue weighted by molar-refractivity contribution is 7.15. The Labute approximate surface area is 125 Å². The van der Waals surface area contributed by atoms with Gasteiger partial charge in [-0.25, -0.2) is 4.98 Å². The summed E-state index contributed by atoms with van der Waals surface area (Å²) in [5, 5.41) is 6.55. The van der Waals surface area contributed by atoms with Crippen molar-refractivity contribution >= 4 is 27.6 Å². The van der Waals surface area contributed by atoms with Gasteiger partial charge in [0.1, 0.15) is 10.7 Å². The third kappa shape index (κ3) is 2.56. The predicted molar refractivity (Wildman–Crippen MR) is 81.7 cm³/mol. The lowest BCUT2D eigenvalue weighted by atomic mass is 10.4. The van der Waals surface area contributed by atoms with E-state index in [0.717, 1.165) is 28.6 Å². The SMILES string of the molecule is CCc1cnc(CNCc2c(OC)nc3sccn23)s1. The molecule has 0 saturated carbocycles. The van der Waals surface area contributed by atoms with E-state index in [1.54, 1.807) is 29.8 Å². The Morgan fingerprint density at radius 1 is 1.40 bits per heavy atom. The van der Waals surface area contributed by atoms with Crippen molar-refractivity contribution in [3.8, 4) is 5.88 Å². The van der Waals surface area contributed by atoms with Crippen LogP contribution in [0.5, 0.6) is 5.88 Å². The quantitative estimate of drug-likeness (QED) is 0.761. The zero-order valence-electron chi connectivity index (χ0n) is 11.4. The van der Waals surface area contributed by atoms with Crippen LogP contribution in [0.4, 0.5) is 0 Å². The molecule has 3 rings (SSSR count). The minimum atomic E-state index is 0.692. The molecule has 0 unspecified atom stereocenters. The molecule has 0 aliphatic rings. The first kappa shape index (κ1) is 13.5. The van der Waals surface area contributed by atoms with Gasteiger partial charge in [-0.3, -0.25) is 4.40 Å². The summed E-state index contributed by atoms with van der Waals surface area (Å²) in [5.41, 5.74) is 1.05. The minimum Gasteiger partial charge on any atom is -0.480 e. The lowest BCUT2D eigenvalue weighted by molar-refractivity contribution is 0.393. The number of rotatable bonds is 6. The van der Waals surface area contributed by atoms with E-state index >= 15 is 0 Å². The summed E-state index contributed by atoms with van der Waals surface area (Å²) >= 11 is 3.37. The normalized spacial score (nSPS) is 11.3. The van der Waals surface area contributed by atoms with E-state index in [4.69, 9.17) is 4.74 Å². The molecule has 0 radical (unpaired) electrons. The van der Waals surface area contributed by atoms with Gasteiger partial charge in [0.2, 0.25) is 5.88 Å². The fraction of sp³-hybridized carbons (Fsp3) is 0.385. The standard InChI is InChI=1S/C13H16N4OS2/c1-3-9-6-15-11(20-9)8-14-7-10-12(18-2)16-13-17(10)4-5-19-13/h4-6,14H,3,7-8H2,1-2H3. The molecule has 0 bridgehead atoms. The maximum Gasteiger partial charge on any atom is 0.237 e. The number of methoxy groups -OCH3 is 1. The summed E-state index contributed by atoms with van der Waals surface area (Å²) in [5.74, 6) is 0.692. The first-order valence-electron chi connectivity index (χ1n) is 6.44. The predicted octanol–water partition coefficient (Wildman–Crippen LogP) is 2.71. The van der Waals surface area contributed by atoms with Crippen molar-refractivity contribution in [2.45, 2.75) is 26.4 Å². The second-order valence-electron chi connectivity index (χ2n) is 4.30. The van der Waals surface area contributed by atoms with E-state index in [0.29, 0.717) is 12.4 Å². The molecule has 20 heavy (non-hydrogen) atoms. The maximum absolute atomic E-state index is 5.33. The Balaban J connectivity index is 1.68. The van der Waals surface area contributed by atoms with Crippen LogP contribution in [0.15, 0.2) is 17.8 Å². The van der Waals surface area contributed by atoms with Gasteiger partial charge in [0.25, 0.3) is 0 Å². The largest absolute Gasteiger partial charge is 0.480 e. The van der Waals surface area contributed by atoms with E-state index < -0.39 is 0 Å². The molecular formula is C13H16N4OS2. The summed E-state index contributed by atoms with van der Waals surface area (Å²) in [7, 11) is 1.66. The Morgan fingerprint density at radius 2 is 2.30 bits per heavy atom. The van der Waals surface area contributed by atoms with Crippen molar-refractivity contribution < 1.29 is 4.74 Å². The first-order chi connectivity index (χ1) is 9.81. The highest BCUT2D eigenvalue weighted by atomic mass is 32.1. The van der Waals surface area contributed by atoms with Crippen molar-refractivity contribution in [3.63, 3.8) is 0 Å². The van der Waals surface area contributed by atoms with Gasteiger partial charge in [0.15, 0.2) is 4.96 Å². The summed E-state index contributed by atoms with van der Waals surface area (Å²) in [4.78, 5) is 11.1. The zero-order chi connectivity index (χ0) is 13.9. The summed E-state index contributed by atoms with van der Waals surface area (Å²) in [6.07, 6.45) is 5.02. The highest BCUT2D eigenvalue weighted by Gasteiger charge is 2.13. The molecule has 5 nitrogen and oxygen atoms in total. The Hall–Kier alpha value is -1.44. The summed E-state index contributed by atoms with van der Waals surface area (Å²) in [6, 6.07) is 0. The number of nitrogens with zero attached hydrogens (tertiary/aromatic N) is 3. The highest BCUT2D eigenvalue weighted by Crippen LogP contribution is 2.23. The fourth-order valence-electron chi connectivity index (χ4n) is 2.02. The van der Waals surface area contributed by atoms with Crippen LogP contribution in [0.1, 0.15) is 22.5 Å². The molecule has 106 valence electrons. The molecule has 0 aliphatic heterocycles. The number of hydrogen-bond acceptors (Lipinski definition) is 6. The first-order valence-corrected chi connectivity index (χ1v) is 8.14. The van der Waals surface area contributed by atoms with E-state index in [-0.39, 0.29) is 0 Å². The van der Waals surface area contributed by atoms with Gasteiger partial charge in [-0.15, -0.1) is 22.7 Å². The van der Waals surface area contributed by atoms with Crippen LogP contribution < -0.4 is 10.1 Å². The molecule has 7 heteroatoms. The number of hydrogen-bond donors (Lipinski definition) is 1. The lowest BCUT2D eigenvalue weighted by Gasteiger charge is -2.04. The van der Waals surface area contributed by atoms with E-state index in [2.05, 4.69) is 26.6 Å². The van der Waals surface area contributed by atoms with Gasteiger partial charge in [-0.1, -0.05) is 6.92 Å². The molecule has 3 aromatic rings. The van der Waals surface area contributed by atoms with Gasteiger partial charge < -0.3 is 10.1 Å². The van der Waals surface area contributed by atoms with Gasteiger partial charge in [-0.05, 0) is 6.42 Å². The smallest absolute Gasteiger partial charge is 0.237 e. The number of ether oxygens (including phenoxy) is 1. The van der Waals surface area contributed by atoms with Crippen LogP contribution in [0.2, 0.25) is 0 Å². The van der Waals surface area contributed by atoms with Crippen molar-refractivity contribution in [1.29, 1.82) is 0 Å². The Kier molecular flexibility index (Phi) is 4.00. The minimum absolute atomic E-state index is 0.692. The summed E-state index contributed by atoms with van der Waals surface area (Å²) < 4.78 is 7.40. The van der Waals surface area contributed by atoms with Crippen molar-refractivity contribution in [2.75, 3.05) is 7.11 Å².